The Morgan fingerprint density at radius 2 is 1.84 bits per heavy atom. The Morgan fingerprint density at radius 1 is 1.05 bits per heavy atom. The molecule has 2 aromatic rings. The third-order valence-corrected chi connectivity index (χ3v) is 3.81. The second-order valence-corrected chi connectivity index (χ2v) is 6.25. The number of thiocarbonyl (C=S) groups is 1. The van der Waals surface area contributed by atoms with Crippen LogP contribution in [0.2, 0.25) is 0 Å². The van der Waals surface area contributed by atoms with E-state index in [0.29, 0.717) is 5.11 Å². The molecule has 0 bridgehead atoms. The molecule has 0 atom stereocenters. The molecule has 19 heavy (non-hydrogen) atoms. The second-order valence-electron chi connectivity index (χ2n) is 4.07. The summed E-state index contributed by atoms with van der Waals surface area (Å²) < 4.78 is 1.97. The number of aryl methyl sites for hydroxylation is 1. The molecule has 0 aliphatic carbocycles. The summed E-state index contributed by atoms with van der Waals surface area (Å²) in [5.74, 6) is 0. The van der Waals surface area contributed by atoms with Crippen molar-refractivity contribution < 1.29 is 0 Å². The Balaban J connectivity index is 2.05. The largest absolute Gasteiger partial charge is 0.332 e. The molecule has 2 aromatic carbocycles. The van der Waals surface area contributed by atoms with Gasteiger partial charge in [-0.1, -0.05) is 28.1 Å². The quantitative estimate of drug-likeness (QED) is 0.667. The van der Waals surface area contributed by atoms with E-state index in [0.717, 1.165) is 20.3 Å². The highest BCUT2D eigenvalue weighted by Crippen LogP contribution is 2.26. The molecule has 0 aliphatic heterocycles. The monoisotopic (exact) mass is 398 g/mol. The zero-order chi connectivity index (χ0) is 13.8. The number of anilines is 2. The number of hydrogen-bond donors (Lipinski definition) is 2. The Labute approximate surface area is 134 Å². The van der Waals surface area contributed by atoms with Crippen LogP contribution < -0.4 is 10.6 Å². The number of halogens is 2. The van der Waals surface area contributed by atoms with Crippen LogP contribution in [0.4, 0.5) is 11.4 Å². The van der Waals surface area contributed by atoms with Gasteiger partial charge in [0, 0.05) is 14.6 Å². The van der Waals surface area contributed by atoms with E-state index in [1.807, 2.05) is 49.4 Å². The summed E-state index contributed by atoms with van der Waals surface area (Å²) in [6, 6.07) is 14.0. The molecular weight excluding hydrogens is 388 g/mol. The van der Waals surface area contributed by atoms with Gasteiger partial charge in [-0.25, -0.2) is 0 Å². The van der Waals surface area contributed by atoms with E-state index in [1.54, 1.807) is 0 Å². The molecular formula is C14H12Br2N2S. The molecule has 0 unspecified atom stereocenters. The summed E-state index contributed by atoms with van der Waals surface area (Å²) in [5.41, 5.74) is 3.09. The van der Waals surface area contributed by atoms with Gasteiger partial charge in [0.1, 0.15) is 0 Å². The minimum absolute atomic E-state index is 0.564. The van der Waals surface area contributed by atoms with Gasteiger partial charge in [0.05, 0.1) is 5.69 Å². The molecule has 0 radical (unpaired) electrons. The highest BCUT2D eigenvalue weighted by molar-refractivity contribution is 9.11. The molecule has 2 rings (SSSR count). The molecule has 0 saturated heterocycles. The highest BCUT2D eigenvalue weighted by atomic mass is 79.9. The van der Waals surface area contributed by atoms with E-state index in [-0.39, 0.29) is 0 Å². The Kier molecular flexibility index (Phi) is 4.96. The lowest BCUT2D eigenvalue weighted by atomic mass is 10.2. The topological polar surface area (TPSA) is 24.1 Å². The van der Waals surface area contributed by atoms with Crippen molar-refractivity contribution in [1.82, 2.24) is 0 Å². The normalized spacial score (nSPS) is 10.1. The summed E-state index contributed by atoms with van der Waals surface area (Å²) >= 11 is 12.2. The van der Waals surface area contributed by atoms with Gasteiger partial charge in [-0.2, -0.15) is 0 Å². The number of hydrogen-bond acceptors (Lipinski definition) is 1. The van der Waals surface area contributed by atoms with Crippen molar-refractivity contribution in [3.05, 3.63) is 57.0 Å². The smallest absolute Gasteiger partial charge is 0.175 e. The molecule has 2 N–H and O–H groups in total. The van der Waals surface area contributed by atoms with Crippen molar-refractivity contribution in [3.8, 4) is 0 Å². The van der Waals surface area contributed by atoms with Crippen molar-refractivity contribution in [1.29, 1.82) is 0 Å². The molecule has 0 heterocycles. The van der Waals surface area contributed by atoms with E-state index in [1.165, 1.54) is 5.56 Å². The lowest BCUT2D eigenvalue weighted by Crippen LogP contribution is -2.19. The van der Waals surface area contributed by atoms with Crippen LogP contribution in [0.25, 0.3) is 0 Å². The fourth-order valence-corrected chi connectivity index (χ4v) is 2.97. The van der Waals surface area contributed by atoms with E-state index >= 15 is 0 Å². The van der Waals surface area contributed by atoms with Crippen molar-refractivity contribution in [3.63, 3.8) is 0 Å². The van der Waals surface area contributed by atoms with Crippen LogP contribution in [-0.2, 0) is 0 Å². The van der Waals surface area contributed by atoms with Gasteiger partial charge in [0.2, 0.25) is 0 Å². The molecule has 98 valence electrons. The zero-order valence-electron chi connectivity index (χ0n) is 10.2. The Morgan fingerprint density at radius 3 is 2.53 bits per heavy atom. The Hall–Kier alpha value is -0.910. The summed E-state index contributed by atoms with van der Waals surface area (Å²) in [5, 5.41) is 6.88. The molecule has 0 saturated carbocycles. The lowest BCUT2D eigenvalue weighted by molar-refractivity contribution is 1.46. The fraction of sp³-hybridized carbons (Fsp3) is 0.0714. The minimum Gasteiger partial charge on any atom is -0.332 e. The van der Waals surface area contributed by atoms with Crippen LogP contribution in [0.15, 0.2) is 51.4 Å². The fourth-order valence-electron chi connectivity index (χ4n) is 1.60. The van der Waals surface area contributed by atoms with Crippen LogP contribution in [0.1, 0.15) is 5.56 Å². The molecule has 0 fully saturated rings. The zero-order valence-corrected chi connectivity index (χ0v) is 14.2. The number of rotatable bonds is 2. The number of nitrogens with one attached hydrogen (secondary N) is 2. The van der Waals surface area contributed by atoms with Gasteiger partial charge in [-0.15, -0.1) is 0 Å². The van der Waals surface area contributed by atoms with E-state index in [2.05, 4.69) is 42.5 Å². The third-order valence-electron chi connectivity index (χ3n) is 2.46. The van der Waals surface area contributed by atoms with Crippen molar-refractivity contribution in [2.24, 2.45) is 0 Å². The predicted molar refractivity (Wildman–Crippen MR) is 92.9 cm³/mol. The summed E-state index contributed by atoms with van der Waals surface area (Å²) in [7, 11) is 0. The number of benzene rings is 2. The first-order valence-electron chi connectivity index (χ1n) is 5.64. The minimum atomic E-state index is 0.564. The van der Waals surface area contributed by atoms with Gasteiger partial charge in [-0.3, -0.25) is 0 Å². The second kappa shape index (κ2) is 6.50. The third kappa shape index (κ3) is 4.30. The molecule has 0 aliphatic rings. The van der Waals surface area contributed by atoms with E-state index < -0.39 is 0 Å². The first-order valence-corrected chi connectivity index (χ1v) is 7.64. The molecule has 2 nitrogen and oxygen atoms in total. The van der Waals surface area contributed by atoms with Crippen LogP contribution in [-0.4, -0.2) is 5.11 Å². The van der Waals surface area contributed by atoms with Gasteiger partial charge >= 0.3 is 0 Å². The van der Waals surface area contributed by atoms with Crippen LogP contribution in [0, 0.1) is 6.92 Å². The molecule has 0 aromatic heterocycles. The van der Waals surface area contributed by atoms with E-state index in [4.69, 9.17) is 12.2 Å². The van der Waals surface area contributed by atoms with E-state index in [9.17, 15) is 0 Å². The molecule has 0 amide bonds. The first-order chi connectivity index (χ1) is 9.04. The maximum absolute atomic E-state index is 5.30. The SMILES string of the molecule is Cc1cccc(NC(=S)Nc2ccc(Br)cc2Br)c1. The Bertz CT molecular complexity index is 614. The molecule has 5 heteroatoms. The van der Waals surface area contributed by atoms with Crippen LogP contribution in [0.3, 0.4) is 0 Å². The maximum atomic E-state index is 5.30. The van der Waals surface area contributed by atoms with Gasteiger partial charge in [0.15, 0.2) is 5.11 Å². The molecule has 0 spiro atoms. The van der Waals surface area contributed by atoms with Crippen molar-refractivity contribution in [2.45, 2.75) is 6.92 Å². The average molecular weight is 400 g/mol. The van der Waals surface area contributed by atoms with Gasteiger partial charge in [0.25, 0.3) is 0 Å². The van der Waals surface area contributed by atoms with Gasteiger partial charge < -0.3 is 10.6 Å². The first kappa shape index (κ1) is 14.5. The highest BCUT2D eigenvalue weighted by Gasteiger charge is 2.03. The maximum Gasteiger partial charge on any atom is 0.175 e. The summed E-state index contributed by atoms with van der Waals surface area (Å²) in [4.78, 5) is 0. The van der Waals surface area contributed by atoms with Crippen LogP contribution in [0.5, 0.6) is 0 Å². The predicted octanol–water partition coefficient (Wildman–Crippen LogP) is 5.33. The lowest BCUT2D eigenvalue weighted by Gasteiger charge is -2.12. The van der Waals surface area contributed by atoms with Crippen LogP contribution >= 0.6 is 44.1 Å². The summed E-state index contributed by atoms with van der Waals surface area (Å²) in [6.45, 7) is 2.05. The van der Waals surface area contributed by atoms with Gasteiger partial charge in [-0.05, 0) is 71.0 Å². The average Bonchev–Trinajstić information content (AvgIpc) is 2.33. The summed E-state index contributed by atoms with van der Waals surface area (Å²) in [6.07, 6.45) is 0. The standard InChI is InChI=1S/C14H12Br2N2S/c1-9-3-2-4-11(7-9)17-14(19)18-13-6-5-10(15)8-12(13)16/h2-8H,1H3,(H2,17,18,19). The van der Waals surface area contributed by atoms with Crippen molar-refractivity contribution in [2.75, 3.05) is 10.6 Å². The van der Waals surface area contributed by atoms with Crippen molar-refractivity contribution >= 4 is 60.6 Å².